The standard InChI is InChI=1S/C11H19N3O2/c1-8-5-6-14(13-8)9(2)7-11(3,12-4)10(15)16/h5-6,9,12H,7H2,1-4H3,(H,15,16). The number of carbonyl (C=O) groups is 1. The van der Waals surface area contributed by atoms with E-state index in [0.29, 0.717) is 6.42 Å². The summed E-state index contributed by atoms with van der Waals surface area (Å²) in [4.78, 5) is 11.1. The van der Waals surface area contributed by atoms with Crippen LogP contribution in [0.3, 0.4) is 0 Å². The normalized spacial score (nSPS) is 16.8. The molecule has 0 aliphatic rings. The van der Waals surface area contributed by atoms with Crippen molar-refractivity contribution >= 4 is 5.97 Å². The summed E-state index contributed by atoms with van der Waals surface area (Å²) in [5, 5.41) is 16.3. The lowest BCUT2D eigenvalue weighted by molar-refractivity contribution is -0.144. The number of aryl methyl sites for hydroxylation is 1. The van der Waals surface area contributed by atoms with Gasteiger partial charge in [0.1, 0.15) is 5.54 Å². The summed E-state index contributed by atoms with van der Waals surface area (Å²) in [6, 6.07) is 1.95. The summed E-state index contributed by atoms with van der Waals surface area (Å²) < 4.78 is 1.80. The van der Waals surface area contributed by atoms with E-state index in [4.69, 9.17) is 5.11 Å². The van der Waals surface area contributed by atoms with Gasteiger partial charge in [0.05, 0.1) is 11.7 Å². The second-order valence-electron chi connectivity index (χ2n) is 4.38. The van der Waals surface area contributed by atoms with Crippen molar-refractivity contribution in [3.8, 4) is 0 Å². The van der Waals surface area contributed by atoms with Crippen LogP contribution in [0.1, 0.15) is 32.0 Å². The zero-order valence-electron chi connectivity index (χ0n) is 10.2. The Bertz CT molecular complexity index is 375. The number of carboxylic acid groups (broad SMARTS) is 1. The average molecular weight is 225 g/mol. The Morgan fingerprint density at radius 1 is 1.75 bits per heavy atom. The summed E-state index contributed by atoms with van der Waals surface area (Å²) in [7, 11) is 1.66. The molecule has 0 saturated carbocycles. The first-order valence-electron chi connectivity index (χ1n) is 5.33. The van der Waals surface area contributed by atoms with Crippen LogP contribution in [0.5, 0.6) is 0 Å². The van der Waals surface area contributed by atoms with Gasteiger partial charge >= 0.3 is 5.97 Å². The lowest BCUT2D eigenvalue weighted by Gasteiger charge is -2.27. The monoisotopic (exact) mass is 225 g/mol. The van der Waals surface area contributed by atoms with Crippen LogP contribution in [-0.4, -0.2) is 33.4 Å². The summed E-state index contributed by atoms with van der Waals surface area (Å²) in [5.74, 6) is -0.842. The highest BCUT2D eigenvalue weighted by atomic mass is 16.4. The number of nitrogens with zero attached hydrogens (tertiary/aromatic N) is 2. The molecule has 2 unspecified atom stereocenters. The molecule has 0 radical (unpaired) electrons. The molecule has 1 rings (SSSR count). The zero-order chi connectivity index (χ0) is 12.3. The van der Waals surface area contributed by atoms with Crippen molar-refractivity contribution < 1.29 is 9.90 Å². The number of rotatable bonds is 5. The third-order valence-electron chi connectivity index (χ3n) is 2.92. The van der Waals surface area contributed by atoms with Gasteiger partial charge in [0.15, 0.2) is 0 Å². The molecule has 0 aromatic carbocycles. The minimum Gasteiger partial charge on any atom is -0.480 e. The zero-order valence-corrected chi connectivity index (χ0v) is 10.2. The van der Waals surface area contributed by atoms with Crippen molar-refractivity contribution in [2.45, 2.75) is 38.8 Å². The number of hydrogen-bond donors (Lipinski definition) is 2. The van der Waals surface area contributed by atoms with Crippen molar-refractivity contribution in [1.82, 2.24) is 15.1 Å². The van der Waals surface area contributed by atoms with Crippen molar-refractivity contribution in [2.24, 2.45) is 0 Å². The summed E-state index contributed by atoms with van der Waals surface area (Å²) >= 11 is 0. The Hall–Kier alpha value is -1.36. The van der Waals surface area contributed by atoms with E-state index >= 15 is 0 Å². The van der Waals surface area contributed by atoms with Crippen LogP contribution in [0.2, 0.25) is 0 Å². The number of aliphatic carboxylic acids is 1. The van der Waals surface area contributed by atoms with Crippen LogP contribution in [0.15, 0.2) is 12.3 Å². The predicted octanol–water partition coefficient (Wildman–Crippen LogP) is 1.21. The van der Waals surface area contributed by atoms with Gasteiger partial charge in [-0.25, -0.2) is 0 Å². The largest absolute Gasteiger partial charge is 0.480 e. The minimum atomic E-state index is -0.917. The molecule has 0 aliphatic heterocycles. The average Bonchev–Trinajstić information content (AvgIpc) is 2.64. The van der Waals surface area contributed by atoms with E-state index in [1.807, 2.05) is 26.1 Å². The highest BCUT2D eigenvalue weighted by Crippen LogP contribution is 2.20. The van der Waals surface area contributed by atoms with Gasteiger partial charge in [-0.3, -0.25) is 9.48 Å². The van der Waals surface area contributed by atoms with Crippen molar-refractivity contribution in [2.75, 3.05) is 7.05 Å². The van der Waals surface area contributed by atoms with Gasteiger partial charge in [0, 0.05) is 6.20 Å². The quantitative estimate of drug-likeness (QED) is 0.790. The maximum atomic E-state index is 11.1. The van der Waals surface area contributed by atoms with E-state index in [9.17, 15) is 4.79 Å². The topological polar surface area (TPSA) is 67.2 Å². The number of nitrogens with one attached hydrogen (secondary N) is 1. The van der Waals surface area contributed by atoms with Crippen LogP contribution < -0.4 is 5.32 Å². The fourth-order valence-electron chi connectivity index (χ4n) is 1.66. The molecule has 1 heterocycles. The fourth-order valence-corrected chi connectivity index (χ4v) is 1.66. The van der Waals surface area contributed by atoms with Crippen molar-refractivity contribution in [3.05, 3.63) is 18.0 Å². The molecule has 16 heavy (non-hydrogen) atoms. The second kappa shape index (κ2) is 4.65. The van der Waals surface area contributed by atoms with E-state index in [2.05, 4.69) is 10.4 Å². The Labute approximate surface area is 95.5 Å². The minimum absolute atomic E-state index is 0.0437. The Kier molecular flexibility index (Phi) is 3.70. The van der Waals surface area contributed by atoms with E-state index in [1.165, 1.54) is 0 Å². The molecule has 0 bridgehead atoms. The first-order valence-corrected chi connectivity index (χ1v) is 5.33. The third-order valence-corrected chi connectivity index (χ3v) is 2.92. The van der Waals surface area contributed by atoms with Crippen LogP contribution >= 0.6 is 0 Å². The van der Waals surface area contributed by atoms with E-state index < -0.39 is 11.5 Å². The maximum Gasteiger partial charge on any atom is 0.323 e. The predicted molar refractivity (Wildman–Crippen MR) is 61.4 cm³/mol. The van der Waals surface area contributed by atoms with E-state index in [-0.39, 0.29) is 6.04 Å². The van der Waals surface area contributed by atoms with Gasteiger partial charge < -0.3 is 10.4 Å². The van der Waals surface area contributed by atoms with E-state index in [0.717, 1.165) is 5.69 Å². The highest BCUT2D eigenvalue weighted by Gasteiger charge is 2.33. The molecule has 1 aromatic heterocycles. The van der Waals surface area contributed by atoms with E-state index in [1.54, 1.807) is 18.7 Å². The molecule has 2 atom stereocenters. The van der Waals surface area contributed by atoms with Crippen LogP contribution in [0, 0.1) is 6.92 Å². The molecule has 0 aliphatic carbocycles. The Morgan fingerprint density at radius 3 is 2.75 bits per heavy atom. The van der Waals surface area contributed by atoms with Crippen LogP contribution in [0.25, 0.3) is 0 Å². The lowest BCUT2D eigenvalue weighted by atomic mass is 9.94. The summed E-state index contributed by atoms with van der Waals surface area (Å²) in [5.41, 5.74) is 0.0209. The molecule has 2 N–H and O–H groups in total. The Morgan fingerprint density at radius 2 is 2.38 bits per heavy atom. The lowest BCUT2D eigenvalue weighted by Crippen LogP contribution is -2.48. The molecule has 5 nitrogen and oxygen atoms in total. The van der Waals surface area contributed by atoms with Crippen LogP contribution in [0.4, 0.5) is 0 Å². The molecule has 0 fully saturated rings. The number of hydrogen-bond acceptors (Lipinski definition) is 3. The highest BCUT2D eigenvalue weighted by molar-refractivity contribution is 5.78. The first-order chi connectivity index (χ1) is 7.39. The molecular weight excluding hydrogens is 206 g/mol. The van der Waals surface area contributed by atoms with Gasteiger partial charge in [-0.15, -0.1) is 0 Å². The molecule has 0 amide bonds. The van der Waals surface area contributed by atoms with Gasteiger partial charge in [-0.2, -0.15) is 5.10 Å². The maximum absolute atomic E-state index is 11.1. The smallest absolute Gasteiger partial charge is 0.323 e. The van der Waals surface area contributed by atoms with Gasteiger partial charge in [0.25, 0.3) is 0 Å². The molecule has 1 aromatic rings. The number of aromatic nitrogens is 2. The van der Waals surface area contributed by atoms with Gasteiger partial charge in [0.2, 0.25) is 0 Å². The SMILES string of the molecule is CNC(C)(CC(C)n1ccc(C)n1)C(=O)O. The third kappa shape index (κ3) is 2.61. The van der Waals surface area contributed by atoms with Crippen LogP contribution in [-0.2, 0) is 4.79 Å². The summed E-state index contributed by atoms with van der Waals surface area (Å²) in [6.45, 7) is 5.56. The molecule has 0 saturated heterocycles. The summed E-state index contributed by atoms with van der Waals surface area (Å²) in [6.07, 6.45) is 2.36. The number of likely N-dealkylation sites (N-methyl/N-ethyl adjacent to an activating group) is 1. The van der Waals surface area contributed by atoms with Crippen molar-refractivity contribution in [3.63, 3.8) is 0 Å². The van der Waals surface area contributed by atoms with Crippen molar-refractivity contribution in [1.29, 1.82) is 0 Å². The number of carboxylic acids is 1. The second-order valence-corrected chi connectivity index (χ2v) is 4.38. The molecule has 5 heteroatoms. The molecule has 0 spiro atoms. The fraction of sp³-hybridized carbons (Fsp3) is 0.636. The first kappa shape index (κ1) is 12.7. The van der Waals surface area contributed by atoms with Gasteiger partial charge in [-0.1, -0.05) is 0 Å². The Balaban J connectivity index is 2.77. The molecular formula is C11H19N3O2. The van der Waals surface area contributed by atoms with Gasteiger partial charge in [-0.05, 0) is 40.3 Å². The molecule has 90 valence electrons.